The van der Waals surface area contributed by atoms with Crippen molar-refractivity contribution in [3.8, 4) is 0 Å². The zero-order chi connectivity index (χ0) is 20.7. The molecule has 0 atom stereocenters. The monoisotopic (exact) mass is 422 g/mol. The lowest BCUT2D eigenvalue weighted by Crippen LogP contribution is -2.37. The molecule has 2 aromatic heterocycles. The Bertz CT molecular complexity index is 933. The Labute approximate surface area is 170 Å². The number of benzene rings is 1. The van der Waals surface area contributed by atoms with E-state index in [-0.39, 0.29) is 0 Å². The van der Waals surface area contributed by atoms with Crippen LogP contribution >= 0.6 is 11.3 Å². The second-order valence-corrected chi connectivity index (χ2v) is 7.20. The normalized spacial score (nSPS) is 12.2. The lowest BCUT2D eigenvalue weighted by atomic mass is 10.2. The van der Waals surface area contributed by atoms with E-state index in [9.17, 15) is 13.2 Å². The Balaban J connectivity index is 1.43. The molecule has 0 bridgehead atoms. The molecule has 2 heterocycles. The molecule has 0 spiro atoms. The Morgan fingerprint density at radius 1 is 1.17 bits per heavy atom. The van der Waals surface area contributed by atoms with Crippen molar-refractivity contribution >= 4 is 17.3 Å². The molecule has 154 valence electrons. The number of rotatable bonds is 7. The fraction of sp³-hybridized carbons (Fsp3) is 0.316. The van der Waals surface area contributed by atoms with E-state index in [1.165, 1.54) is 5.56 Å². The van der Waals surface area contributed by atoms with Gasteiger partial charge < -0.3 is 10.6 Å². The summed E-state index contributed by atoms with van der Waals surface area (Å²) in [5.74, 6) is 0.563. The number of aliphatic imine (C=N–C) groups is 1. The van der Waals surface area contributed by atoms with Crippen molar-refractivity contribution in [2.45, 2.75) is 25.7 Å². The average molecular weight is 422 g/mol. The highest BCUT2D eigenvalue weighted by molar-refractivity contribution is 7.09. The zero-order valence-electron chi connectivity index (χ0n) is 15.8. The molecular formula is C19H21F3N6S. The van der Waals surface area contributed by atoms with Gasteiger partial charge in [0.25, 0.3) is 0 Å². The Hall–Kier alpha value is -2.88. The standard InChI is InChI=1S/C19H21F3N6S/c1-23-18(24-8-7-17-27-16(13-29-17)19(20,21)22)25-9-15-10-26-28(12-15)11-14-5-3-2-4-6-14/h2-6,10,12-13H,7-9,11H2,1H3,(H2,23,24,25). The predicted octanol–water partition coefficient (Wildman–Crippen LogP) is 3.31. The van der Waals surface area contributed by atoms with E-state index < -0.39 is 11.9 Å². The highest BCUT2D eigenvalue weighted by Crippen LogP contribution is 2.29. The third kappa shape index (κ3) is 6.31. The van der Waals surface area contributed by atoms with Crippen LogP contribution in [0.4, 0.5) is 13.2 Å². The summed E-state index contributed by atoms with van der Waals surface area (Å²) in [6.45, 7) is 1.66. The quantitative estimate of drug-likeness (QED) is 0.453. The summed E-state index contributed by atoms with van der Waals surface area (Å²) in [5.41, 5.74) is 1.33. The second kappa shape index (κ2) is 9.55. The van der Waals surface area contributed by atoms with Crippen molar-refractivity contribution in [2.75, 3.05) is 13.6 Å². The van der Waals surface area contributed by atoms with Crippen molar-refractivity contribution in [3.63, 3.8) is 0 Å². The second-order valence-electron chi connectivity index (χ2n) is 6.26. The summed E-state index contributed by atoms with van der Waals surface area (Å²) in [6.07, 6.45) is -0.264. The first kappa shape index (κ1) is 20.8. The molecule has 3 aromatic rings. The van der Waals surface area contributed by atoms with Gasteiger partial charge in [-0.2, -0.15) is 18.3 Å². The fourth-order valence-electron chi connectivity index (χ4n) is 2.60. The molecule has 0 saturated carbocycles. The number of thiazole rings is 1. The molecule has 3 rings (SSSR count). The van der Waals surface area contributed by atoms with E-state index >= 15 is 0 Å². The Morgan fingerprint density at radius 2 is 1.97 bits per heavy atom. The van der Waals surface area contributed by atoms with Gasteiger partial charge in [-0.15, -0.1) is 11.3 Å². The van der Waals surface area contributed by atoms with Crippen LogP contribution in [-0.4, -0.2) is 34.3 Å². The Kier molecular flexibility index (Phi) is 6.86. The maximum Gasteiger partial charge on any atom is 0.434 e. The summed E-state index contributed by atoms with van der Waals surface area (Å²) < 4.78 is 39.6. The lowest BCUT2D eigenvalue weighted by Gasteiger charge is -2.10. The number of aromatic nitrogens is 3. The number of guanidine groups is 1. The summed E-state index contributed by atoms with van der Waals surface area (Å²) in [7, 11) is 1.64. The van der Waals surface area contributed by atoms with Crippen molar-refractivity contribution in [1.82, 2.24) is 25.4 Å². The topological polar surface area (TPSA) is 67.1 Å². The number of nitrogens with one attached hydrogen (secondary N) is 2. The van der Waals surface area contributed by atoms with Crippen molar-refractivity contribution < 1.29 is 13.2 Å². The van der Waals surface area contributed by atoms with Crippen LogP contribution in [0, 0.1) is 0 Å². The van der Waals surface area contributed by atoms with Gasteiger partial charge in [0.2, 0.25) is 0 Å². The van der Waals surface area contributed by atoms with E-state index in [1.54, 1.807) is 13.2 Å². The van der Waals surface area contributed by atoms with E-state index in [2.05, 4.69) is 25.7 Å². The van der Waals surface area contributed by atoms with Gasteiger partial charge in [-0.1, -0.05) is 30.3 Å². The van der Waals surface area contributed by atoms with Crippen molar-refractivity contribution in [3.05, 3.63) is 69.9 Å². The SMILES string of the molecule is CN=C(NCCc1nc(C(F)(F)F)cs1)NCc1cnn(Cc2ccccc2)c1. The Morgan fingerprint density at radius 3 is 2.66 bits per heavy atom. The maximum absolute atomic E-state index is 12.6. The van der Waals surface area contributed by atoms with Crippen LogP contribution < -0.4 is 10.6 Å². The number of hydrogen-bond acceptors (Lipinski definition) is 4. The summed E-state index contributed by atoms with van der Waals surface area (Å²) >= 11 is 1.01. The molecule has 1 aromatic carbocycles. The van der Waals surface area contributed by atoms with Crippen LogP contribution in [0.2, 0.25) is 0 Å². The number of nitrogens with zero attached hydrogens (tertiary/aromatic N) is 4. The molecule has 0 saturated heterocycles. The van der Waals surface area contributed by atoms with Gasteiger partial charge in [-0.05, 0) is 5.56 Å². The first-order valence-electron chi connectivity index (χ1n) is 8.95. The van der Waals surface area contributed by atoms with Gasteiger partial charge in [-0.3, -0.25) is 9.67 Å². The predicted molar refractivity (Wildman–Crippen MR) is 107 cm³/mol. The molecule has 0 aliphatic rings. The highest BCUT2D eigenvalue weighted by Gasteiger charge is 2.33. The largest absolute Gasteiger partial charge is 0.434 e. The third-order valence-electron chi connectivity index (χ3n) is 4.03. The van der Waals surface area contributed by atoms with E-state index in [1.807, 2.05) is 41.2 Å². The van der Waals surface area contributed by atoms with Gasteiger partial charge >= 0.3 is 6.18 Å². The highest BCUT2D eigenvalue weighted by atomic mass is 32.1. The van der Waals surface area contributed by atoms with Gasteiger partial charge in [0.15, 0.2) is 11.7 Å². The van der Waals surface area contributed by atoms with Crippen LogP contribution in [0.25, 0.3) is 0 Å². The molecule has 0 aliphatic heterocycles. The van der Waals surface area contributed by atoms with Crippen molar-refractivity contribution in [2.24, 2.45) is 4.99 Å². The van der Waals surface area contributed by atoms with Crippen LogP contribution in [0.1, 0.15) is 21.8 Å². The number of hydrogen-bond donors (Lipinski definition) is 2. The molecule has 10 heteroatoms. The molecule has 0 aliphatic carbocycles. The minimum absolute atomic E-state index is 0.385. The van der Waals surface area contributed by atoms with E-state index in [4.69, 9.17) is 0 Å². The van der Waals surface area contributed by atoms with Gasteiger partial charge in [0.1, 0.15) is 0 Å². The maximum atomic E-state index is 12.6. The number of halogens is 3. The molecule has 2 N–H and O–H groups in total. The van der Waals surface area contributed by atoms with Crippen molar-refractivity contribution in [1.29, 1.82) is 0 Å². The molecule has 0 fully saturated rings. The molecule has 0 radical (unpaired) electrons. The van der Waals surface area contributed by atoms with E-state index in [0.717, 1.165) is 22.3 Å². The summed E-state index contributed by atoms with van der Waals surface area (Å²) in [4.78, 5) is 7.74. The van der Waals surface area contributed by atoms with Crippen LogP contribution in [0.15, 0.2) is 53.1 Å². The molecule has 6 nitrogen and oxygen atoms in total. The average Bonchev–Trinajstić information content (AvgIpc) is 3.35. The lowest BCUT2D eigenvalue weighted by molar-refractivity contribution is -0.140. The first-order chi connectivity index (χ1) is 13.9. The van der Waals surface area contributed by atoms with Gasteiger partial charge in [-0.25, -0.2) is 4.98 Å². The van der Waals surface area contributed by atoms with Gasteiger partial charge in [0, 0.05) is 43.7 Å². The molecular weight excluding hydrogens is 401 g/mol. The minimum Gasteiger partial charge on any atom is -0.356 e. The fourth-order valence-corrected chi connectivity index (χ4v) is 3.41. The zero-order valence-corrected chi connectivity index (χ0v) is 16.6. The van der Waals surface area contributed by atoms with Crippen LogP contribution in [-0.2, 0) is 25.7 Å². The molecule has 0 amide bonds. The summed E-state index contributed by atoms with van der Waals surface area (Å²) in [6, 6.07) is 10.1. The first-order valence-corrected chi connectivity index (χ1v) is 9.83. The van der Waals surface area contributed by atoms with Crippen LogP contribution in [0.5, 0.6) is 0 Å². The summed E-state index contributed by atoms with van der Waals surface area (Å²) in [5, 5.41) is 12.1. The smallest absolute Gasteiger partial charge is 0.356 e. The molecule has 0 unspecified atom stereocenters. The number of alkyl halides is 3. The van der Waals surface area contributed by atoms with E-state index in [0.29, 0.717) is 37.0 Å². The molecule has 29 heavy (non-hydrogen) atoms. The van der Waals surface area contributed by atoms with Gasteiger partial charge in [0.05, 0.1) is 17.7 Å². The third-order valence-corrected chi connectivity index (χ3v) is 4.94. The minimum atomic E-state index is -4.40. The van der Waals surface area contributed by atoms with Crippen LogP contribution in [0.3, 0.4) is 0 Å².